The summed E-state index contributed by atoms with van der Waals surface area (Å²) in [7, 11) is 0. The Hall–Kier alpha value is -2.31. The third-order valence-electron chi connectivity index (χ3n) is 3.41. The van der Waals surface area contributed by atoms with E-state index in [9.17, 15) is 9.59 Å². The third kappa shape index (κ3) is 2.98. The fourth-order valence-corrected chi connectivity index (χ4v) is 2.09. The fraction of sp³-hybridized carbons (Fsp3) is 0.462. The van der Waals surface area contributed by atoms with Crippen LogP contribution in [-0.2, 0) is 9.59 Å². The minimum absolute atomic E-state index is 0.108. The minimum Gasteiger partial charge on any atom is -0.481 e. The molecular weight excluding hydrogens is 260 g/mol. The average Bonchev–Trinajstić information content (AvgIpc) is 2.43. The van der Waals surface area contributed by atoms with Crippen LogP contribution in [0.3, 0.4) is 0 Å². The van der Waals surface area contributed by atoms with Crippen molar-refractivity contribution in [3.63, 3.8) is 0 Å². The van der Waals surface area contributed by atoms with Crippen LogP contribution in [0.2, 0.25) is 0 Å². The van der Waals surface area contributed by atoms with E-state index in [2.05, 4.69) is 20.5 Å². The number of carboxylic acid groups (broad SMARTS) is 1. The van der Waals surface area contributed by atoms with Crippen molar-refractivity contribution in [3.05, 3.63) is 23.5 Å². The second-order valence-electron chi connectivity index (χ2n) is 4.79. The van der Waals surface area contributed by atoms with Crippen molar-refractivity contribution >= 4 is 17.8 Å². The zero-order valence-corrected chi connectivity index (χ0v) is 11.3. The number of aryl methyl sites for hydroxylation is 2. The minimum atomic E-state index is -0.964. The average molecular weight is 276 g/mol. The summed E-state index contributed by atoms with van der Waals surface area (Å²) in [6.45, 7) is 3.54. The molecule has 1 aliphatic rings. The maximum Gasteiger partial charge on any atom is 0.307 e. The second-order valence-corrected chi connectivity index (χ2v) is 4.79. The van der Waals surface area contributed by atoms with Gasteiger partial charge in [0.1, 0.15) is 0 Å². The predicted molar refractivity (Wildman–Crippen MR) is 70.9 cm³/mol. The van der Waals surface area contributed by atoms with Crippen molar-refractivity contribution in [1.82, 2.24) is 15.2 Å². The Bertz CT molecular complexity index is 571. The largest absolute Gasteiger partial charge is 0.481 e. The molecule has 1 amide bonds. The number of amides is 1. The number of carboxylic acids is 1. The highest BCUT2D eigenvalue weighted by atomic mass is 16.4. The SMILES string of the molecule is Cc1nnc(NC(=O)[C@@H]2CC=CC[C@@H]2C(=O)O)nc1C. The Kier molecular flexibility index (Phi) is 4.07. The number of nitrogens with zero attached hydrogens (tertiary/aromatic N) is 3. The Morgan fingerprint density at radius 2 is 1.80 bits per heavy atom. The number of anilines is 1. The molecule has 0 saturated carbocycles. The summed E-state index contributed by atoms with van der Waals surface area (Å²) < 4.78 is 0. The van der Waals surface area contributed by atoms with Gasteiger partial charge in [0, 0.05) is 0 Å². The predicted octanol–water partition coefficient (Wildman–Crippen LogP) is 1.09. The van der Waals surface area contributed by atoms with Crippen LogP contribution in [0.25, 0.3) is 0 Å². The van der Waals surface area contributed by atoms with Gasteiger partial charge in [0.05, 0.1) is 23.2 Å². The Morgan fingerprint density at radius 3 is 2.40 bits per heavy atom. The van der Waals surface area contributed by atoms with Crippen LogP contribution in [0.5, 0.6) is 0 Å². The topological polar surface area (TPSA) is 105 Å². The van der Waals surface area contributed by atoms with Crippen molar-refractivity contribution in [2.75, 3.05) is 5.32 Å². The van der Waals surface area contributed by atoms with E-state index in [0.29, 0.717) is 24.2 Å². The Morgan fingerprint density at radius 1 is 1.15 bits per heavy atom. The molecule has 2 N–H and O–H groups in total. The third-order valence-corrected chi connectivity index (χ3v) is 3.41. The quantitative estimate of drug-likeness (QED) is 0.801. The first kappa shape index (κ1) is 14.1. The highest BCUT2D eigenvalue weighted by Gasteiger charge is 2.34. The number of allylic oxidation sites excluding steroid dienone is 2. The van der Waals surface area contributed by atoms with Crippen LogP contribution in [-0.4, -0.2) is 32.2 Å². The van der Waals surface area contributed by atoms with E-state index >= 15 is 0 Å². The molecule has 0 saturated heterocycles. The van der Waals surface area contributed by atoms with Crippen LogP contribution in [0.4, 0.5) is 5.95 Å². The lowest BCUT2D eigenvalue weighted by molar-refractivity contribution is -0.146. The van der Waals surface area contributed by atoms with E-state index in [1.165, 1.54) is 0 Å². The van der Waals surface area contributed by atoms with Crippen molar-refractivity contribution in [2.24, 2.45) is 11.8 Å². The lowest BCUT2D eigenvalue weighted by atomic mass is 9.82. The van der Waals surface area contributed by atoms with E-state index < -0.39 is 17.8 Å². The standard InChI is InChI=1S/C13H16N4O3/c1-7-8(2)16-17-13(14-7)15-11(18)9-5-3-4-6-10(9)12(19)20/h3-4,9-10H,5-6H2,1-2H3,(H,19,20)(H,14,15,17,18)/t9-,10+/m1/s1. The molecule has 7 nitrogen and oxygen atoms in total. The molecular formula is C13H16N4O3. The van der Waals surface area contributed by atoms with Gasteiger partial charge >= 0.3 is 5.97 Å². The Balaban J connectivity index is 2.12. The lowest BCUT2D eigenvalue weighted by Crippen LogP contribution is -2.35. The van der Waals surface area contributed by atoms with E-state index in [1.807, 2.05) is 6.08 Å². The zero-order chi connectivity index (χ0) is 14.7. The molecule has 7 heteroatoms. The maximum atomic E-state index is 12.2. The second kappa shape index (κ2) is 5.77. The number of rotatable bonds is 3. The van der Waals surface area contributed by atoms with Crippen molar-refractivity contribution in [3.8, 4) is 0 Å². The van der Waals surface area contributed by atoms with Gasteiger partial charge in [0.15, 0.2) is 0 Å². The molecule has 0 spiro atoms. The van der Waals surface area contributed by atoms with Crippen LogP contribution < -0.4 is 5.32 Å². The number of aromatic nitrogens is 3. The van der Waals surface area contributed by atoms with Crippen LogP contribution in [0.1, 0.15) is 24.2 Å². The molecule has 2 rings (SSSR count). The van der Waals surface area contributed by atoms with Crippen molar-refractivity contribution < 1.29 is 14.7 Å². The van der Waals surface area contributed by atoms with Crippen LogP contribution in [0.15, 0.2) is 12.2 Å². The maximum absolute atomic E-state index is 12.2. The summed E-state index contributed by atoms with van der Waals surface area (Å²) in [5, 5.41) is 19.3. The molecule has 0 bridgehead atoms. The molecule has 0 fully saturated rings. The summed E-state index contributed by atoms with van der Waals surface area (Å²) in [6, 6.07) is 0. The van der Waals surface area contributed by atoms with E-state index in [4.69, 9.17) is 5.11 Å². The summed E-state index contributed by atoms with van der Waals surface area (Å²) in [4.78, 5) is 27.4. The monoisotopic (exact) mass is 276 g/mol. The Labute approximate surface area is 116 Å². The summed E-state index contributed by atoms with van der Waals surface area (Å²) in [5.74, 6) is -2.56. The van der Waals surface area contributed by atoms with Gasteiger partial charge in [-0.15, -0.1) is 5.10 Å². The highest BCUT2D eigenvalue weighted by Crippen LogP contribution is 2.26. The van der Waals surface area contributed by atoms with Gasteiger partial charge in [-0.2, -0.15) is 5.10 Å². The first-order valence-corrected chi connectivity index (χ1v) is 6.35. The molecule has 0 unspecified atom stereocenters. The van der Waals surface area contributed by atoms with Gasteiger partial charge in [-0.25, -0.2) is 4.98 Å². The molecule has 1 aromatic rings. The molecule has 0 aliphatic heterocycles. The molecule has 0 aromatic carbocycles. The van der Waals surface area contributed by atoms with Crippen LogP contribution in [0, 0.1) is 25.7 Å². The number of hydrogen-bond acceptors (Lipinski definition) is 5. The van der Waals surface area contributed by atoms with E-state index in [1.54, 1.807) is 19.9 Å². The molecule has 1 heterocycles. The first-order valence-electron chi connectivity index (χ1n) is 6.35. The van der Waals surface area contributed by atoms with Gasteiger partial charge in [0.2, 0.25) is 11.9 Å². The molecule has 20 heavy (non-hydrogen) atoms. The number of aliphatic carboxylic acids is 1. The van der Waals surface area contributed by atoms with Crippen molar-refractivity contribution in [1.29, 1.82) is 0 Å². The molecule has 2 atom stereocenters. The highest BCUT2D eigenvalue weighted by molar-refractivity contribution is 5.94. The zero-order valence-electron chi connectivity index (χ0n) is 11.3. The molecule has 106 valence electrons. The summed E-state index contributed by atoms with van der Waals surface area (Å²) >= 11 is 0. The number of carbonyl (C=O) groups excluding carboxylic acids is 1. The van der Waals surface area contributed by atoms with E-state index in [-0.39, 0.29) is 11.9 Å². The first-order chi connectivity index (χ1) is 9.49. The lowest BCUT2D eigenvalue weighted by Gasteiger charge is -2.23. The summed E-state index contributed by atoms with van der Waals surface area (Å²) in [5.41, 5.74) is 1.36. The summed E-state index contributed by atoms with van der Waals surface area (Å²) in [6.07, 6.45) is 4.38. The normalized spacial score (nSPS) is 21.5. The molecule has 1 aromatic heterocycles. The number of carbonyl (C=O) groups is 2. The smallest absolute Gasteiger partial charge is 0.307 e. The van der Waals surface area contributed by atoms with Gasteiger partial charge in [-0.3, -0.25) is 14.9 Å². The fourth-order valence-electron chi connectivity index (χ4n) is 2.09. The van der Waals surface area contributed by atoms with Crippen molar-refractivity contribution in [2.45, 2.75) is 26.7 Å². The van der Waals surface area contributed by atoms with Crippen LogP contribution >= 0.6 is 0 Å². The molecule has 0 radical (unpaired) electrons. The number of nitrogens with one attached hydrogen (secondary N) is 1. The van der Waals surface area contributed by atoms with Gasteiger partial charge in [-0.1, -0.05) is 12.2 Å². The van der Waals surface area contributed by atoms with Gasteiger partial charge in [-0.05, 0) is 26.7 Å². The van der Waals surface area contributed by atoms with Gasteiger partial charge < -0.3 is 5.11 Å². The van der Waals surface area contributed by atoms with E-state index in [0.717, 1.165) is 0 Å². The molecule has 1 aliphatic carbocycles. The number of hydrogen-bond donors (Lipinski definition) is 2. The van der Waals surface area contributed by atoms with Gasteiger partial charge in [0.25, 0.3) is 0 Å².